The number of hydrogen-bond donors (Lipinski definition) is 1. The van der Waals surface area contributed by atoms with Gasteiger partial charge >= 0.3 is 6.03 Å². The number of carbonyl (C=O) groups is 1. The Bertz CT molecular complexity index is 868. The van der Waals surface area contributed by atoms with Gasteiger partial charge < -0.3 is 15.0 Å². The lowest BCUT2D eigenvalue weighted by Gasteiger charge is -2.53. The van der Waals surface area contributed by atoms with Crippen molar-refractivity contribution in [2.24, 2.45) is 5.92 Å². The fourth-order valence-electron chi connectivity index (χ4n) is 5.29. The van der Waals surface area contributed by atoms with Crippen LogP contribution in [0.4, 0.5) is 4.79 Å². The van der Waals surface area contributed by atoms with Crippen molar-refractivity contribution in [2.45, 2.75) is 38.0 Å². The monoisotopic (exact) mass is 423 g/mol. The van der Waals surface area contributed by atoms with Crippen molar-refractivity contribution in [3.8, 4) is 11.8 Å². The minimum atomic E-state index is -0.247. The number of nitrogens with one attached hydrogen (secondary N) is 1. The molecule has 31 heavy (non-hydrogen) atoms. The lowest BCUT2D eigenvalue weighted by molar-refractivity contribution is -0.0327. The summed E-state index contributed by atoms with van der Waals surface area (Å²) < 4.78 is 5.95. The normalized spacial score (nSPS) is 34.9. The van der Waals surface area contributed by atoms with Gasteiger partial charge in [0.05, 0.1) is 12.2 Å². The number of nitrogens with zero attached hydrogens (tertiary/aromatic N) is 4. The van der Waals surface area contributed by atoms with Crippen LogP contribution in [0.3, 0.4) is 0 Å². The molecule has 2 atom stereocenters. The summed E-state index contributed by atoms with van der Waals surface area (Å²) >= 11 is 0. The average molecular weight is 424 g/mol. The van der Waals surface area contributed by atoms with Gasteiger partial charge in [0, 0.05) is 57.2 Å². The number of hydrogen-bond acceptors (Lipinski definition) is 5. The summed E-state index contributed by atoms with van der Waals surface area (Å²) in [5.41, 5.74) is 0.723. The van der Waals surface area contributed by atoms with Gasteiger partial charge in [-0.1, -0.05) is 5.92 Å². The van der Waals surface area contributed by atoms with Gasteiger partial charge in [-0.05, 0) is 57.2 Å². The van der Waals surface area contributed by atoms with Crippen molar-refractivity contribution < 1.29 is 9.53 Å². The van der Waals surface area contributed by atoms with Gasteiger partial charge in [-0.25, -0.2) is 4.79 Å². The Morgan fingerprint density at radius 2 is 2.00 bits per heavy atom. The van der Waals surface area contributed by atoms with Crippen LogP contribution < -0.4 is 5.32 Å². The molecule has 6 heterocycles. The maximum absolute atomic E-state index is 13.0. The number of carbonyl (C=O) groups excluding carboxylic acids is 1. The third kappa shape index (κ3) is 4.38. The number of piperazine rings is 1. The van der Waals surface area contributed by atoms with E-state index in [1.807, 2.05) is 18.4 Å². The van der Waals surface area contributed by atoms with Crippen LogP contribution in [-0.4, -0.2) is 90.3 Å². The summed E-state index contributed by atoms with van der Waals surface area (Å²) in [5.74, 6) is 7.82. The molecule has 0 aromatic carbocycles. The summed E-state index contributed by atoms with van der Waals surface area (Å²) in [7, 11) is 2.16. The molecule has 0 aromatic heterocycles. The third-order valence-corrected chi connectivity index (χ3v) is 7.31. The minimum Gasteiger partial charge on any atom is -0.473 e. The number of amides is 2. The van der Waals surface area contributed by atoms with E-state index >= 15 is 0 Å². The van der Waals surface area contributed by atoms with Crippen LogP contribution in [0.15, 0.2) is 35.9 Å². The first-order valence-electron chi connectivity index (χ1n) is 11.5. The Kier molecular flexibility index (Phi) is 5.55. The molecule has 7 heteroatoms. The second-order valence-electron chi connectivity index (χ2n) is 9.64. The van der Waals surface area contributed by atoms with E-state index in [9.17, 15) is 4.79 Å². The van der Waals surface area contributed by atoms with Crippen LogP contribution in [-0.2, 0) is 4.74 Å². The van der Waals surface area contributed by atoms with E-state index in [-0.39, 0.29) is 17.8 Å². The molecule has 1 N–H and O–H groups in total. The van der Waals surface area contributed by atoms with Crippen LogP contribution in [0, 0.1) is 17.8 Å². The number of piperidine rings is 3. The summed E-state index contributed by atoms with van der Waals surface area (Å²) in [6.45, 7) is 9.38. The number of allylic oxidation sites excluding steroid dienone is 1. The maximum atomic E-state index is 13.0. The van der Waals surface area contributed by atoms with Crippen molar-refractivity contribution in [2.75, 3.05) is 52.9 Å². The average Bonchev–Trinajstić information content (AvgIpc) is 3.17. The van der Waals surface area contributed by atoms with Gasteiger partial charge in [-0.15, -0.1) is 0 Å². The van der Waals surface area contributed by atoms with Crippen LogP contribution in [0.1, 0.15) is 26.2 Å². The van der Waals surface area contributed by atoms with Gasteiger partial charge in [-0.3, -0.25) is 14.7 Å². The van der Waals surface area contributed by atoms with Gasteiger partial charge in [0.2, 0.25) is 0 Å². The molecule has 6 aliphatic heterocycles. The Balaban J connectivity index is 1.19. The van der Waals surface area contributed by atoms with E-state index in [4.69, 9.17) is 4.74 Å². The first-order chi connectivity index (χ1) is 15.0. The maximum Gasteiger partial charge on any atom is 0.326 e. The zero-order chi connectivity index (χ0) is 21.4. The van der Waals surface area contributed by atoms with Gasteiger partial charge in [0.15, 0.2) is 5.76 Å². The second-order valence-corrected chi connectivity index (χ2v) is 9.64. The first-order valence-corrected chi connectivity index (χ1v) is 11.5. The quantitative estimate of drug-likeness (QED) is 0.686. The molecule has 4 saturated heterocycles. The molecule has 6 aliphatic rings. The van der Waals surface area contributed by atoms with Crippen LogP contribution >= 0.6 is 0 Å². The van der Waals surface area contributed by atoms with E-state index in [2.05, 4.69) is 45.8 Å². The molecule has 2 amide bonds. The molecule has 166 valence electrons. The number of urea groups is 1. The Morgan fingerprint density at radius 3 is 2.71 bits per heavy atom. The Hall–Kier alpha value is -2.27. The highest BCUT2D eigenvalue weighted by atomic mass is 16.5. The molecule has 7 nitrogen and oxygen atoms in total. The molecule has 0 aliphatic carbocycles. The van der Waals surface area contributed by atoms with E-state index < -0.39 is 0 Å². The molecular weight excluding hydrogens is 390 g/mol. The highest BCUT2D eigenvalue weighted by Gasteiger charge is 2.44. The molecule has 2 bridgehead atoms. The molecule has 0 spiro atoms. The largest absolute Gasteiger partial charge is 0.473 e. The number of fused-ring (bicyclic) bond motifs is 4. The van der Waals surface area contributed by atoms with Crippen LogP contribution in [0.25, 0.3) is 0 Å². The van der Waals surface area contributed by atoms with E-state index in [1.54, 1.807) is 11.1 Å². The highest BCUT2D eigenvalue weighted by molar-refractivity contribution is 5.78. The molecule has 0 radical (unpaired) electrons. The molecule has 6 rings (SSSR count). The van der Waals surface area contributed by atoms with Crippen molar-refractivity contribution in [3.63, 3.8) is 0 Å². The number of likely N-dealkylation sites (N-methyl/N-ethyl adjacent to an activating group) is 1. The smallest absolute Gasteiger partial charge is 0.326 e. The molecule has 4 fully saturated rings. The topological polar surface area (TPSA) is 51.3 Å². The van der Waals surface area contributed by atoms with Crippen molar-refractivity contribution in [3.05, 3.63) is 35.9 Å². The lowest BCUT2D eigenvalue weighted by Crippen LogP contribution is -2.66. The highest BCUT2D eigenvalue weighted by Crippen LogP contribution is 2.37. The molecule has 1 unspecified atom stereocenters. The third-order valence-electron chi connectivity index (χ3n) is 7.31. The summed E-state index contributed by atoms with van der Waals surface area (Å²) in [6.07, 6.45) is 10.9. The van der Waals surface area contributed by atoms with Gasteiger partial charge in [0.25, 0.3) is 0 Å². The fourth-order valence-corrected chi connectivity index (χ4v) is 5.29. The lowest BCUT2D eigenvalue weighted by atomic mass is 9.80. The van der Waals surface area contributed by atoms with Crippen LogP contribution in [0.2, 0.25) is 0 Å². The molecule has 0 aromatic rings. The summed E-state index contributed by atoms with van der Waals surface area (Å²) in [6, 6.07) is -0.0831. The predicted octanol–water partition coefficient (Wildman–Crippen LogP) is 1.77. The van der Waals surface area contributed by atoms with Gasteiger partial charge in [0.1, 0.15) is 6.10 Å². The summed E-state index contributed by atoms with van der Waals surface area (Å²) in [5, 5.41) is 3.28. The first kappa shape index (κ1) is 20.6. The molecular formula is C24H33N5O2. The van der Waals surface area contributed by atoms with E-state index in [0.717, 1.165) is 63.7 Å². The van der Waals surface area contributed by atoms with E-state index in [1.165, 1.54) is 12.8 Å². The van der Waals surface area contributed by atoms with E-state index in [0.29, 0.717) is 5.76 Å². The Labute approximate surface area is 185 Å². The number of rotatable bonds is 2. The van der Waals surface area contributed by atoms with Crippen molar-refractivity contribution in [1.29, 1.82) is 0 Å². The second kappa shape index (κ2) is 8.34. The van der Waals surface area contributed by atoms with Crippen LogP contribution in [0.5, 0.6) is 0 Å². The predicted molar refractivity (Wildman–Crippen MR) is 120 cm³/mol. The minimum absolute atomic E-state index is 0.0831. The number of ether oxygens (including phenoxy) is 1. The zero-order valence-electron chi connectivity index (χ0n) is 18.6. The van der Waals surface area contributed by atoms with Gasteiger partial charge in [-0.2, -0.15) is 0 Å². The standard InChI is InChI=1S/C24H33N5O2/c1-24(17-19-5-10-29(24)11-6-19)25-23(30)28-9-7-22-20(18-28)16-21(31-22)4-3-8-27-14-12-26(2)13-15-27/h7,9,16,18-19,22H,5-6,8,10-15,17H2,1-2H3,(H,25,30)/t22?,24-/m0/s1. The Morgan fingerprint density at radius 1 is 1.23 bits per heavy atom. The van der Waals surface area contributed by atoms with Crippen molar-refractivity contribution >= 4 is 6.03 Å². The van der Waals surface area contributed by atoms with Crippen molar-refractivity contribution in [1.82, 2.24) is 24.9 Å². The fraction of sp³-hybridized carbons (Fsp3) is 0.625. The molecule has 0 saturated carbocycles. The SMILES string of the molecule is CN1CCN(CC#CC2=CC3=CN(C(=O)N[C@]4(C)CC5CCN4CC5)C=CC3O2)CC1. The summed E-state index contributed by atoms with van der Waals surface area (Å²) in [4.78, 5) is 21.8. The zero-order valence-corrected chi connectivity index (χ0v) is 18.6.